The van der Waals surface area contributed by atoms with Crippen LogP contribution in [0.3, 0.4) is 0 Å². The minimum absolute atomic E-state index is 0.0418. The number of rotatable bonds is 4. The van der Waals surface area contributed by atoms with Crippen molar-refractivity contribution in [1.82, 2.24) is 20.1 Å². The van der Waals surface area contributed by atoms with Gasteiger partial charge in [0.15, 0.2) is 0 Å². The summed E-state index contributed by atoms with van der Waals surface area (Å²) in [6, 6.07) is 14.5. The van der Waals surface area contributed by atoms with Gasteiger partial charge in [-0.05, 0) is 55.4 Å². The number of fused-ring (bicyclic) bond motifs is 4. The molecule has 2 aromatic carbocycles. The van der Waals surface area contributed by atoms with Crippen LogP contribution in [-0.4, -0.2) is 32.5 Å². The van der Waals surface area contributed by atoms with Crippen LogP contribution in [0.15, 0.2) is 48.5 Å². The van der Waals surface area contributed by atoms with Crippen LogP contribution in [0.5, 0.6) is 0 Å². The molecule has 0 radical (unpaired) electrons. The second-order valence-corrected chi connectivity index (χ2v) is 9.16. The first-order valence-corrected chi connectivity index (χ1v) is 11.9. The zero-order chi connectivity index (χ0) is 22.4. The fourth-order valence-corrected chi connectivity index (χ4v) is 5.66. The highest BCUT2D eigenvalue weighted by molar-refractivity contribution is 5.86. The molecule has 1 atom stereocenters. The largest absolute Gasteiger partial charge is 0.356 e. The first-order valence-electron chi connectivity index (χ1n) is 11.9. The first-order chi connectivity index (χ1) is 16.2. The molecule has 3 heterocycles. The van der Waals surface area contributed by atoms with Crippen molar-refractivity contribution in [2.45, 2.75) is 51.0 Å². The number of amides is 1. The molecule has 4 aromatic rings. The third-order valence-corrected chi connectivity index (χ3v) is 7.27. The van der Waals surface area contributed by atoms with Gasteiger partial charge in [-0.2, -0.15) is 5.10 Å². The van der Waals surface area contributed by atoms with Crippen LogP contribution >= 0.6 is 0 Å². The number of carbonyl (C=O) groups excluding carboxylic acids is 1. The van der Waals surface area contributed by atoms with Gasteiger partial charge in [-0.1, -0.05) is 36.4 Å². The number of hydrogen-bond acceptors (Lipinski definition) is 2. The Kier molecular flexibility index (Phi) is 5.01. The van der Waals surface area contributed by atoms with E-state index >= 15 is 0 Å². The van der Waals surface area contributed by atoms with Gasteiger partial charge in [0.25, 0.3) is 0 Å². The van der Waals surface area contributed by atoms with Gasteiger partial charge in [0.2, 0.25) is 5.91 Å². The van der Waals surface area contributed by atoms with Crippen molar-refractivity contribution in [1.29, 1.82) is 0 Å². The summed E-state index contributed by atoms with van der Waals surface area (Å²) in [6.07, 6.45) is 6.20. The van der Waals surface area contributed by atoms with Gasteiger partial charge in [0, 0.05) is 47.2 Å². The van der Waals surface area contributed by atoms with E-state index in [0.717, 1.165) is 41.6 Å². The Bertz CT molecular complexity index is 1340. The fourth-order valence-electron chi connectivity index (χ4n) is 5.66. The maximum Gasteiger partial charge on any atom is 0.223 e. The van der Waals surface area contributed by atoms with Crippen LogP contribution in [0.2, 0.25) is 0 Å². The summed E-state index contributed by atoms with van der Waals surface area (Å²) in [6.45, 7) is 0.575. The van der Waals surface area contributed by atoms with Gasteiger partial charge in [0.05, 0.1) is 5.69 Å². The highest BCUT2D eigenvalue weighted by Crippen LogP contribution is 2.39. The number of para-hydroxylation sites is 1. The van der Waals surface area contributed by atoms with Crippen LogP contribution in [-0.2, 0) is 30.5 Å². The Morgan fingerprint density at radius 1 is 1.03 bits per heavy atom. The molecule has 0 unspecified atom stereocenters. The first kappa shape index (κ1) is 20.2. The summed E-state index contributed by atoms with van der Waals surface area (Å²) in [4.78, 5) is 18.9. The van der Waals surface area contributed by atoms with Gasteiger partial charge < -0.3 is 9.88 Å². The smallest absolute Gasteiger partial charge is 0.223 e. The second kappa shape index (κ2) is 8.18. The number of halogens is 1. The Morgan fingerprint density at radius 2 is 1.85 bits per heavy atom. The topological polar surface area (TPSA) is 64.8 Å². The summed E-state index contributed by atoms with van der Waals surface area (Å²) in [5, 5.41) is 8.84. The summed E-state index contributed by atoms with van der Waals surface area (Å²) in [7, 11) is 0. The summed E-state index contributed by atoms with van der Waals surface area (Å²) < 4.78 is 15.0. The molecular formula is C27H27FN4O. The molecule has 2 aromatic heterocycles. The van der Waals surface area contributed by atoms with Crippen molar-refractivity contribution < 1.29 is 9.18 Å². The van der Waals surface area contributed by atoms with E-state index in [9.17, 15) is 9.18 Å². The van der Waals surface area contributed by atoms with Crippen molar-refractivity contribution in [3.63, 3.8) is 0 Å². The number of hydrogen-bond donors (Lipinski definition) is 2. The lowest BCUT2D eigenvalue weighted by molar-refractivity contribution is -0.133. The van der Waals surface area contributed by atoms with Crippen LogP contribution in [0.1, 0.15) is 59.1 Å². The Morgan fingerprint density at radius 3 is 2.76 bits per heavy atom. The minimum atomic E-state index is -0.456. The van der Waals surface area contributed by atoms with E-state index in [4.69, 9.17) is 0 Å². The van der Waals surface area contributed by atoms with Crippen molar-refractivity contribution in [3.05, 3.63) is 88.1 Å². The van der Waals surface area contributed by atoms with E-state index in [-0.39, 0.29) is 11.7 Å². The molecule has 0 saturated carbocycles. The van der Waals surface area contributed by atoms with Gasteiger partial charge in [-0.15, -0.1) is 0 Å². The summed E-state index contributed by atoms with van der Waals surface area (Å²) >= 11 is 0. The molecule has 0 spiro atoms. The Labute approximate surface area is 192 Å². The number of nitrogens with zero attached hydrogens (tertiary/aromatic N) is 2. The summed E-state index contributed by atoms with van der Waals surface area (Å²) in [5.41, 5.74) is 7.23. The molecule has 1 amide bonds. The molecule has 1 aliphatic carbocycles. The highest BCUT2D eigenvalue weighted by Gasteiger charge is 2.35. The monoisotopic (exact) mass is 442 g/mol. The number of H-pyrrole nitrogens is 2. The average Bonchev–Trinajstić information content (AvgIpc) is 3.44. The third kappa shape index (κ3) is 3.45. The predicted octanol–water partition coefficient (Wildman–Crippen LogP) is 5.02. The third-order valence-electron chi connectivity index (χ3n) is 7.27. The van der Waals surface area contributed by atoms with Crippen LogP contribution < -0.4 is 0 Å². The number of nitrogens with one attached hydrogen (secondary N) is 2. The fraction of sp³-hybridized carbons (Fsp3) is 0.333. The summed E-state index contributed by atoms with van der Waals surface area (Å²) in [5.74, 6) is -0.242. The molecule has 168 valence electrons. The Balaban J connectivity index is 1.34. The van der Waals surface area contributed by atoms with E-state index in [1.165, 1.54) is 35.7 Å². The van der Waals surface area contributed by atoms with Crippen LogP contribution in [0.25, 0.3) is 10.9 Å². The van der Waals surface area contributed by atoms with E-state index in [2.05, 4.69) is 21.2 Å². The SMILES string of the molecule is O=C(CCc1n[nH]c2c1CCCC2)N1CCc2c([nH]c3ccccc23)[C@@H]1c1ccccc1F. The maximum absolute atomic E-state index is 15.0. The van der Waals surface area contributed by atoms with Gasteiger partial charge in [-0.3, -0.25) is 9.89 Å². The predicted molar refractivity (Wildman–Crippen MR) is 126 cm³/mol. The molecule has 0 saturated heterocycles. The normalized spacial score (nSPS) is 17.7. The zero-order valence-corrected chi connectivity index (χ0v) is 18.5. The van der Waals surface area contributed by atoms with Crippen molar-refractivity contribution in [2.24, 2.45) is 0 Å². The highest BCUT2D eigenvalue weighted by atomic mass is 19.1. The molecule has 6 rings (SSSR count). The van der Waals surface area contributed by atoms with Crippen LogP contribution in [0, 0.1) is 5.82 Å². The molecular weight excluding hydrogens is 415 g/mol. The van der Waals surface area contributed by atoms with E-state index in [1.54, 1.807) is 12.1 Å². The number of carbonyl (C=O) groups is 1. The lowest BCUT2D eigenvalue weighted by Gasteiger charge is -2.36. The minimum Gasteiger partial charge on any atom is -0.356 e. The molecule has 5 nitrogen and oxygen atoms in total. The number of benzene rings is 2. The number of aromatic nitrogens is 3. The Hall–Kier alpha value is -3.41. The quantitative estimate of drug-likeness (QED) is 0.466. The molecule has 33 heavy (non-hydrogen) atoms. The lowest BCUT2D eigenvalue weighted by Crippen LogP contribution is -2.41. The van der Waals surface area contributed by atoms with Gasteiger partial charge in [-0.25, -0.2) is 4.39 Å². The van der Waals surface area contributed by atoms with E-state index in [0.29, 0.717) is 24.9 Å². The van der Waals surface area contributed by atoms with Crippen LogP contribution in [0.4, 0.5) is 4.39 Å². The standard InChI is InChI=1S/C27H27FN4O/c28-21-10-4-1-8-19(21)27-26-18(17-7-2-5-11-22(17)29-26)15-16-32(27)25(33)14-13-24-20-9-3-6-12-23(20)30-31-24/h1-2,4-5,7-8,10-11,27,29H,3,6,9,12-16H2,(H,30,31)/t27-/m0/s1. The molecule has 2 aliphatic rings. The zero-order valence-electron chi connectivity index (χ0n) is 18.5. The van der Waals surface area contributed by atoms with E-state index < -0.39 is 6.04 Å². The van der Waals surface area contributed by atoms with Crippen molar-refractivity contribution in [2.75, 3.05) is 6.54 Å². The number of aryl methyl sites for hydroxylation is 2. The number of aromatic amines is 2. The van der Waals surface area contributed by atoms with Crippen molar-refractivity contribution in [3.8, 4) is 0 Å². The maximum atomic E-state index is 15.0. The molecule has 1 aliphatic heterocycles. The molecule has 0 bridgehead atoms. The second-order valence-electron chi connectivity index (χ2n) is 9.16. The van der Waals surface area contributed by atoms with Gasteiger partial charge in [0.1, 0.15) is 11.9 Å². The van der Waals surface area contributed by atoms with Crippen molar-refractivity contribution >= 4 is 16.8 Å². The van der Waals surface area contributed by atoms with E-state index in [1.807, 2.05) is 29.2 Å². The molecule has 0 fully saturated rings. The molecule has 6 heteroatoms. The average molecular weight is 443 g/mol. The molecule has 2 N–H and O–H groups in total. The van der Waals surface area contributed by atoms with Gasteiger partial charge >= 0.3 is 0 Å². The lowest BCUT2D eigenvalue weighted by atomic mass is 9.91.